The number of aromatic amines is 1. The first-order chi connectivity index (χ1) is 9.60. The number of aliphatic hydroxyl groups excluding tert-OH is 1. The highest BCUT2D eigenvalue weighted by molar-refractivity contribution is 7.16. The molecule has 0 atom stereocenters. The summed E-state index contributed by atoms with van der Waals surface area (Å²) in [7, 11) is 0. The normalized spacial score (nSPS) is 9.70. The Balaban J connectivity index is 2.15. The van der Waals surface area contributed by atoms with Crippen molar-refractivity contribution in [2.45, 2.75) is 6.92 Å². The Morgan fingerprint density at radius 3 is 3.10 bits per heavy atom. The van der Waals surface area contributed by atoms with Crippen LogP contribution in [-0.2, 0) is 0 Å². The molecule has 2 aromatic rings. The van der Waals surface area contributed by atoms with E-state index in [2.05, 4.69) is 27.1 Å². The molecule has 0 fully saturated rings. The van der Waals surface area contributed by atoms with Crippen molar-refractivity contribution in [2.24, 2.45) is 0 Å². The summed E-state index contributed by atoms with van der Waals surface area (Å²) in [4.78, 5) is 31.0. The van der Waals surface area contributed by atoms with Crippen molar-refractivity contribution in [3.63, 3.8) is 0 Å². The molecule has 2 rings (SSSR count). The van der Waals surface area contributed by atoms with Gasteiger partial charge in [0.1, 0.15) is 12.2 Å². The molecule has 2 heterocycles. The third-order valence-electron chi connectivity index (χ3n) is 2.32. The molecule has 102 valence electrons. The maximum atomic E-state index is 11.9. The van der Waals surface area contributed by atoms with Gasteiger partial charge in [0.2, 0.25) is 0 Å². The number of rotatable bonds is 2. The average molecular weight is 289 g/mol. The topological polar surface area (TPSA) is 95.1 Å². The minimum Gasteiger partial charge on any atom is -0.384 e. The van der Waals surface area contributed by atoms with E-state index in [0.29, 0.717) is 15.7 Å². The number of hydrogen-bond donors (Lipinski definition) is 3. The lowest BCUT2D eigenvalue weighted by Crippen LogP contribution is -2.21. The maximum Gasteiger partial charge on any atom is 0.262 e. The number of anilines is 1. The summed E-state index contributed by atoms with van der Waals surface area (Å²) in [5.74, 6) is 4.64. The molecule has 20 heavy (non-hydrogen) atoms. The highest BCUT2D eigenvalue weighted by atomic mass is 32.1. The molecule has 0 saturated carbocycles. The highest BCUT2D eigenvalue weighted by Crippen LogP contribution is 2.17. The Bertz CT molecular complexity index is 752. The van der Waals surface area contributed by atoms with Crippen LogP contribution < -0.4 is 10.7 Å². The van der Waals surface area contributed by atoms with Gasteiger partial charge in [-0.25, -0.2) is 4.98 Å². The Hall–Kier alpha value is -2.43. The fourth-order valence-electron chi connectivity index (χ4n) is 1.43. The summed E-state index contributed by atoms with van der Waals surface area (Å²) >= 11 is 1.16. The van der Waals surface area contributed by atoms with Crippen molar-refractivity contribution in [1.82, 2.24) is 9.97 Å². The van der Waals surface area contributed by atoms with Gasteiger partial charge in [-0.05, 0) is 6.92 Å². The first-order valence-corrected chi connectivity index (χ1v) is 6.48. The van der Waals surface area contributed by atoms with Crippen LogP contribution in [0.1, 0.15) is 20.9 Å². The molecule has 0 aliphatic rings. The van der Waals surface area contributed by atoms with Gasteiger partial charge in [-0.15, -0.1) is 0 Å². The molecule has 3 N–H and O–H groups in total. The summed E-state index contributed by atoms with van der Waals surface area (Å²) in [6, 6.07) is 1.36. The molecule has 0 radical (unpaired) electrons. The third kappa shape index (κ3) is 3.32. The minimum atomic E-state index is -0.526. The molecule has 6 nitrogen and oxygen atoms in total. The molecule has 1 amide bonds. The van der Waals surface area contributed by atoms with E-state index in [4.69, 9.17) is 5.11 Å². The van der Waals surface area contributed by atoms with E-state index in [1.807, 2.05) is 0 Å². The number of H-pyrrole nitrogens is 1. The van der Waals surface area contributed by atoms with Crippen LogP contribution in [0.4, 0.5) is 5.13 Å². The number of carbonyl (C=O) groups is 1. The second-order valence-corrected chi connectivity index (χ2v) is 4.87. The molecule has 0 aliphatic heterocycles. The average Bonchev–Trinajstić information content (AvgIpc) is 2.83. The van der Waals surface area contributed by atoms with Crippen LogP contribution in [0, 0.1) is 18.8 Å². The number of amides is 1. The summed E-state index contributed by atoms with van der Waals surface area (Å²) < 4.78 is 0. The van der Waals surface area contributed by atoms with Gasteiger partial charge in [0.15, 0.2) is 10.6 Å². The number of pyridine rings is 1. The molecule has 0 aliphatic carbocycles. The first-order valence-electron chi connectivity index (χ1n) is 5.66. The zero-order chi connectivity index (χ0) is 14.5. The van der Waals surface area contributed by atoms with E-state index in [0.717, 1.165) is 11.3 Å². The largest absolute Gasteiger partial charge is 0.384 e. The number of thiazole rings is 1. The predicted octanol–water partition coefficient (Wildman–Crippen LogP) is 0.736. The standard InChI is InChI=1S/C13H11N3O3S/c1-8-5-11(18)10(7-14-8)12(19)16-13-15-6-9(20-13)3-2-4-17/h5-7,17H,4H2,1H3,(H,14,18)(H,15,16,19). The molecule has 7 heteroatoms. The Morgan fingerprint density at radius 2 is 2.40 bits per heavy atom. The van der Waals surface area contributed by atoms with Gasteiger partial charge in [0.25, 0.3) is 5.91 Å². The van der Waals surface area contributed by atoms with Gasteiger partial charge in [-0.3, -0.25) is 14.9 Å². The predicted molar refractivity (Wildman–Crippen MR) is 75.8 cm³/mol. The van der Waals surface area contributed by atoms with Gasteiger partial charge >= 0.3 is 0 Å². The monoisotopic (exact) mass is 289 g/mol. The second-order valence-electron chi connectivity index (χ2n) is 3.84. The van der Waals surface area contributed by atoms with Crippen molar-refractivity contribution in [1.29, 1.82) is 0 Å². The minimum absolute atomic E-state index is 0.0220. The summed E-state index contributed by atoms with van der Waals surface area (Å²) in [6.07, 6.45) is 2.86. The molecule has 0 spiro atoms. The van der Waals surface area contributed by atoms with Crippen LogP contribution >= 0.6 is 11.3 Å². The summed E-state index contributed by atoms with van der Waals surface area (Å²) in [6.45, 7) is 1.49. The SMILES string of the molecule is Cc1cc(=O)c(C(=O)Nc2ncc(C#CCO)s2)c[nH]1. The van der Waals surface area contributed by atoms with Crippen molar-refractivity contribution >= 4 is 22.4 Å². The number of aromatic nitrogens is 2. The van der Waals surface area contributed by atoms with Crippen LogP contribution in [0.25, 0.3) is 0 Å². The van der Waals surface area contributed by atoms with E-state index in [1.165, 1.54) is 18.5 Å². The lowest BCUT2D eigenvalue weighted by molar-refractivity contribution is 0.102. The van der Waals surface area contributed by atoms with Crippen LogP contribution in [0.3, 0.4) is 0 Å². The Morgan fingerprint density at radius 1 is 1.60 bits per heavy atom. The second kappa shape index (κ2) is 6.14. The van der Waals surface area contributed by atoms with Gasteiger partial charge in [-0.1, -0.05) is 23.2 Å². The van der Waals surface area contributed by atoms with Crippen molar-refractivity contribution < 1.29 is 9.90 Å². The highest BCUT2D eigenvalue weighted by Gasteiger charge is 2.12. The zero-order valence-corrected chi connectivity index (χ0v) is 11.4. The van der Waals surface area contributed by atoms with E-state index >= 15 is 0 Å². The van der Waals surface area contributed by atoms with E-state index in [-0.39, 0.29) is 17.6 Å². The number of carbonyl (C=O) groups excluding carboxylic acids is 1. The quantitative estimate of drug-likeness (QED) is 0.710. The Kier molecular flexibility index (Phi) is 4.30. The van der Waals surface area contributed by atoms with Crippen molar-refractivity contribution in [3.05, 3.63) is 44.8 Å². The molecule has 0 saturated heterocycles. The van der Waals surface area contributed by atoms with E-state index in [1.54, 1.807) is 6.92 Å². The fourth-order valence-corrected chi connectivity index (χ4v) is 2.12. The van der Waals surface area contributed by atoms with Crippen LogP contribution in [0.5, 0.6) is 0 Å². The lowest BCUT2D eigenvalue weighted by atomic mass is 10.2. The lowest BCUT2D eigenvalue weighted by Gasteiger charge is -2.01. The van der Waals surface area contributed by atoms with Crippen molar-refractivity contribution in [2.75, 3.05) is 11.9 Å². The molecular formula is C13H11N3O3S. The smallest absolute Gasteiger partial charge is 0.262 e. The fraction of sp³-hybridized carbons (Fsp3) is 0.154. The number of aryl methyl sites for hydroxylation is 1. The van der Waals surface area contributed by atoms with Crippen LogP contribution in [-0.4, -0.2) is 27.6 Å². The first kappa shape index (κ1) is 14.0. The maximum absolute atomic E-state index is 11.9. The summed E-state index contributed by atoms with van der Waals surface area (Å²) in [5, 5.41) is 11.5. The van der Waals surface area contributed by atoms with Crippen LogP contribution in [0.2, 0.25) is 0 Å². The van der Waals surface area contributed by atoms with E-state index in [9.17, 15) is 9.59 Å². The van der Waals surface area contributed by atoms with Crippen LogP contribution in [0.15, 0.2) is 23.3 Å². The summed E-state index contributed by atoms with van der Waals surface area (Å²) in [5.41, 5.74) is 0.353. The number of nitrogens with one attached hydrogen (secondary N) is 2. The van der Waals surface area contributed by atoms with Gasteiger partial charge < -0.3 is 10.1 Å². The number of nitrogens with zero attached hydrogens (tertiary/aromatic N) is 1. The Labute approximate surface area is 118 Å². The van der Waals surface area contributed by atoms with Gasteiger partial charge in [0.05, 0.1) is 11.1 Å². The molecule has 0 bridgehead atoms. The van der Waals surface area contributed by atoms with Gasteiger partial charge in [0, 0.05) is 18.0 Å². The number of aliphatic hydroxyl groups is 1. The van der Waals surface area contributed by atoms with E-state index < -0.39 is 5.91 Å². The number of hydrogen-bond acceptors (Lipinski definition) is 5. The van der Waals surface area contributed by atoms with Crippen molar-refractivity contribution in [3.8, 4) is 11.8 Å². The molecule has 2 aromatic heterocycles. The molecular weight excluding hydrogens is 278 g/mol. The molecule has 0 aromatic carbocycles. The zero-order valence-electron chi connectivity index (χ0n) is 10.6. The van der Waals surface area contributed by atoms with Gasteiger partial charge in [-0.2, -0.15) is 0 Å². The third-order valence-corrected chi connectivity index (χ3v) is 3.15. The molecule has 0 unspecified atom stereocenters.